The van der Waals surface area contributed by atoms with E-state index < -0.39 is 0 Å². The zero-order valence-corrected chi connectivity index (χ0v) is 10.1. The third kappa shape index (κ3) is 4.50. The van der Waals surface area contributed by atoms with Gasteiger partial charge in [0.05, 0.1) is 5.69 Å². The van der Waals surface area contributed by atoms with E-state index in [-0.39, 0.29) is 0 Å². The Bertz CT molecular complexity index is 230. The van der Waals surface area contributed by atoms with Gasteiger partial charge in [-0.3, -0.25) is 0 Å². The number of hydrogen-bond acceptors (Lipinski definition) is 2. The van der Waals surface area contributed by atoms with Crippen LogP contribution in [0.5, 0.6) is 0 Å². The minimum Gasteiger partial charge on any atom is -0.448 e. The molecular formula is C13H23NO. The maximum atomic E-state index is 5.43. The van der Waals surface area contributed by atoms with Crippen molar-refractivity contribution in [2.75, 3.05) is 0 Å². The number of unbranched alkanes of at least 4 members (excludes halogenated alkanes) is 4. The Morgan fingerprint density at radius 1 is 1.00 bits per heavy atom. The lowest BCUT2D eigenvalue weighted by Crippen LogP contribution is -1.93. The van der Waals surface area contributed by atoms with Crippen molar-refractivity contribution >= 4 is 0 Å². The molecule has 0 saturated heterocycles. The van der Waals surface area contributed by atoms with Crippen LogP contribution in [0, 0.1) is 0 Å². The van der Waals surface area contributed by atoms with E-state index in [1.165, 1.54) is 44.2 Å². The van der Waals surface area contributed by atoms with E-state index in [4.69, 9.17) is 4.42 Å². The molecule has 2 nitrogen and oxygen atoms in total. The number of aryl methyl sites for hydroxylation is 2. The van der Waals surface area contributed by atoms with E-state index >= 15 is 0 Å². The molecule has 0 aliphatic heterocycles. The summed E-state index contributed by atoms with van der Waals surface area (Å²) in [5.74, 6) is 1.12. The highest BCUT2D eigenvalue weighted by molar-refractivity contribution is 5.07. The van der Waals surface area contributed by atoms with Crippen LogP contribution >= 0.6 is 0 Å². The molecule has 0 unspecified atom stereocenters. The van der Waals surface area contributed by atoms with E-state index in [2.05, 4.69) is 18.8 Å². The van der Waals surface area contributed by atoms with E-state index in [0.29, 0.717) is 0 Å². The number of nitrogens with zero attached hydrogens (tertiary/aromatic N) is 1. The summed E-state index contributed by atoms with van der Waals surface area (Å²) >= 11 is 0. The van der Waals surface area contributed by atoms with Crippen molar-refractivity contribution in [3.8, 4) is 0 Å². The number of rotatable bonds is 8. The topological polar surface area (TPSA) is 26.0 Å². The van der Waals surface area contributed by atoms with E-state index in [9.17, 15) is 0 Å². The second-order valence-electron chi connectivity index (χ2n) is 4.14. The average molecular weight is 209 g/mol. The predicted octanol–water partition coefficient (Wildman–Crippen LogP) is 4.14. The van der Waals surface area contributed by atoms with Gasteiger partial charge < -0.3 is 4.42 Å². The Labute approximate surface area is 93.1 Å². The molecule has 0 aromatic carbocycles. The largest absolute Gasteiger partial charge is 0.448 e. The van der Waals surface area contributed by atoms with Gasteiger partial charge >= 0.3 is 0 Å². The van der Waals surface area contributed by atoms with Crippen LogP contribution in [0.4, 0.5) is 0 Å². The smallest absolute Gasteiger partial charge is 0.181 e. The molecule has 0 saturated carbocycles. The average Bonchev–Trinajstić information content (AvgIpc) is 2.67. The summed E-state index contributed by atoms with van der Waals surface area (Å²) in [6, 6.07) is 0. The second-order valence-corrected chi connectivity index (χ2v) is 4.14. The second kappa shape index (κ2) is 7.49. The Kier molecular flexibility index (Phi) is 6.14. The number of aromatic nitrogens is 1. The summed E-state index contributed by atoms with van der Waals surface area (Å²) in [6.45, 7) is 4.45. The summed E-state index contributed by atoms with van der Waals surface area (Å²) in [5, 5.41) is 0. The molecule has 0 amide bonds. The summed E-state index contributed by atoms with van der Waals surface area (Å²) in [6.07, 6.45) is 11.3. The maximum Gasteiger partial charge on any atom is 0.181 e. The lowest BCUT2D eigenvalue weighted by Gasteiger charge is -2.00. The normalized spacial score (nSPS) is 10.8. The van der Waals surface area contributed by atoms with Gasteiger partial charge in [-0.05, 0) is 19.3 Å². The van der Waals surface area contributed by atoms with E-state index in [1.807, 2.05) is 0 Å². The Balaban J connectivity index is 2.32. The highest BCUT2D eigenvalue weighted by atomic mass is 16.3. The van der Waals surface area contributed by atoms with Gasteiger partial charge in [0, 0.05) is 6.42 Å². The number of hydrogen-bond donors (Lipinski definition) is 0. The molecular weight excluding hydrogens is 186 g/mol. The van der Waals surface area contributed by atoms with Crippen molar-refractivity contribution in [1.29, 1.82) is 0 Å². The van der Waals surface area contributed by atoms with Crippen molar-refractivity contribution in [2.24, 2.45) is 0 Å². The summed E-state index contributed by atoms with van der Waals surface area (Å²) < 4.78 is 5.43. The van der Waals surface area contributed by atoms with Crippen LogP contribution in [0.2, 0.25) is 0 Å². The zero-order chi connectivity index (χ0) is 10.9. The van der Waals surface area contributed by atoms with Gasteiger partial charge in [-0.1, -0.05) is 39.5 Å². The summed E-state index contributed by atoms with van der Waals surface area (Å²) in [7, 11) is 0. The fourth-order valence-electron chi connectivity index (χ4n) is 1.78. The first-order valence-corrected chi connectivity index (χ1v) is 6.29. The molecule has 0 aliphatic rings. The third-order valence-electron chi connectivity index (χ3n) is 2.75. The molecule has 86 valence electrons. The van der Waals surface area contributed by atoms with Crippen LogP contribution in [-0.2, 0) is 12.8 Å². The fourth-order valence-corrected chi connectivity index (χ4v) is 1.78. The molecule has 15 heavy (non-hydrogen) atoms. The first kappa shape index (κ1) is 12.3. The van der Waals surface area contributed by atoms with Crippen LogP contribution in [0.15, 0.2) is 10.8 Å². The fraction of sp³-hybridized carbons (Fsp3) is 0.769. The quantitative estimate of drug-likeness (QED) is 0.601. The van der Waals surface area contributed by atoms with Gasteiger partial charge in [0.15, 0.2) is 6.39 Å². The Hall–Kier alpha value is -0.790. The van der Waals surface area contributed by atoms with Crippen LogP contribution in [-0.4, -0.2) is 4.98 Å². The monoisotopic (exact) mass is 209 g/mol. The SMILES string of the molecule is CCCCCc1ncoc1CCCCC. The maximum absolute atomic E-state index is 5.43. The van der Waals surface area contributed by atoms with Crippen LogP contribution in [0.3, 0.4) is 0 Å². The molecule has 0 bridgehead atoms. The highest BCUT2D eigenvalue weighted by Crippen LogP contribution is 2.14. The first-order valence-electron chi connectivity index (χ1n) is 6.29. The molecule has 0 fully saturated rings. The van der Waals surface area contributed by atoms with Gasteiger partial charge in [0.2, 0.25) is 0 Å². The van der Waals surface area contributed by atoms with Crippen molar-refractivity contribution in [1.82, 2.24) is 4.98 Å². The Morgan fingerprint density at radius 2 is 1.67 bits per heavy atom. The molecule has 1 aromatic heterocycles. The minimum atomic E-state index is 1.06. The van der Waals surface area contributed by atoms with Crippen LogP contribution in [0.25, 0.3) is 0 Å². The van der Waals surface area contributed by atoms with Gasteiger partial charge in [-0.25, -0.2) is 4.98 Å². The van der Waals surface area contributed by atoms with Crippen LogP contribution in [0.1, 0.15) is 63.8 Å². The van der Waals surface area contributed by atoms with Gasteiger partial charge in [-0.15, -0.1) is 0 Å². The molecule has 0 atom stereocenters. The summed E-state index contributed by atoms with van der Waals surface area (Å²) in [4.78, 5) is 4.30. The lowest BCUT2D eigenvalue weighted by molar-refractivity contribution is 0.488. The van der Waals surface area contributed by atoms with Gasteiger partial charge in [-0.2, -0.15) is 0 Å². The third-order valence-corrected chi connectivity index (χ3v) is 2.75. The van der Waals surface area contributed by atoms with E-state index in [0.717, 1.165) is 18.6 Å². The van der Waals surface area contributed by atoms with Gasteiger partial charge in [0.1, 0.15) is 5.76 Å². The Morgan fingerprint density at radius 3 is 2.33 bits per heavy atom. The molecule has 0 N–H and O–H groups in total. The summed E-state index contributed by atoms with van der Waals surface area (Å²) in [5.41, 5.74) is 1.19. The first-order chi connectivity index (χ1) is 7.38. The molecule has 0 spiro atoms. The molecule has 0 radical (unpaired) electrons. The van der Waals surface area contributed by atoms with Gasteiger partial charge in [0.25, 0.3) is 0 Å². The zero-order valence-electron chi connectivity index (χ0n) is 10.1. The van der Waals surface area contributed by atoms with Crippen molar-refractivity contribution in [2.45, 2.75) is 65.2 Å². The van der Waals surface area contributed by atoms with E-state index in [1.54, 1.807) is 6.39 Å². The van der Waals surface area contributed by atoms with Crippen molar-refractivity contribution < 1.29 is 4.42 Å². The number of oxazole rings is 1. The predicted molar refractivity (Wildman–Crippen MR) is 63.0 cm³/mol. The van der Waals surface area contributed by atoms with Crippen molar-refractivity contribution in [3.63, 3.8) is 0 Å². The highest BCUT2D eigenvalue weighted by Gasteiger charge is 2.06. The minimum absolute atomic E-state index is 1.06. The van der Waals surface area contributed by atoms with Crippen LogP contribution < -0.4 is 0 Å². The van der Waals surface area contributed by atoms with Crippen molar-refractivity contribution in [3.05, 3.63) is 17.8 Å². The lowest BCUT2D eigenvalue weighted by atomic mass is 10.1. The molecule has 2 heteroatoms. The molecule has 1 rings (SSSR count). The standard InChI is InChI=1S/C13H23NO/c1-3-5-7-9-12-13(15-11-14-12)10-8-6-4-2/h11H,3-10H2,1-2H3. The molecule has 1 aromatic rings. The molecule has 1 heterocycles. The molecule has 0 aliphatic carbocycles.